The zero-order valence-electron chi connectivity index (χ0n) is 10.7. The molecule has 1 heterocycles. The molecule has 1 aromatic carbocycles. The molecule has 1 amide bonds. The fraction of sp³-hybridized carbons (Fsp3) is 0.462. The molecule has 0 radical (unpaired) electrons. The smallest absolute Gasteiger partial charge is 0.254 e. The average Bonchev–Trinajstić information content (AvgIpc) is 2.70. The molecule has 1 aliphatic heterocycles. The maximum absolute atomic E-state index is 13.1. The van der Waals surface area contributed by atoms with Gasteiger partial charge in [-0.25, -0.2) is 12.8 Å². The van der Waals surface area contributed by atoms with Crippen LogP contribution in [0.1, 0.15) is 23.7 Å². The molecule has 0 aromatic heterocycles. The molecule has 104 valence electrons. The maximum Gasteiger partial charge on any atom is 0.254 e. The molecule has 1 fully saturated rings. The standard InChI is InChI=1S/C13H16FNO3S/c1-2-15(12-6-7-19(17,18)9-12)13(16)10-4-3-5-11(14)8-10/h3-5,8,12H,2,6-7,9H2,1H3. The quantitative estimate of drug-likeness (QED) is 0.845. The molecule has 1 atom stereocenters. The predicted molar refractivity (Wildman–Crippen MR) is 70.2 cm³/mol. The maximum atomic E-state index is 13.1. The highest BCUT2D eigenvalue weighted by Crippen LogP contribution is 2.20. The van der Waals surface area contributed by atoms with Crippen molar-refractivity contribution in [2.45, 2.75) is 19.4 Å². The molecule has 0 N–H and O–H groups in total. The van der Waals surface area contributed by atoms with Gasteiger partial charge in [0.1, 0.15) is 5.82 Å². The van der Waals surface area contributed by atoms with Gasteiger partial charge in [0.15, 0.2) is 9.84 Å². The molecule has 1 aliphatic rings. The van der Waals surface area contributed by atoms with E-state index >= 15 is 0 Å². The van der Waals surface area contributed by atoms with Crippen molar-refractivity contribution in [3.8, 4) is 0 Å². The molecule has 2 rings (SSSR count). The van der Waals surface area contributed by atoms with Crippen LogP contribution in [0.3, 0.4) is 0 Å². The van der Waals surface area contributed by atoms with Crippen LogP contribution >= 0.6 is 0 Å². The topological polar surface area (TPSA) is 54.5 Å². The predicted octanol–water partition coefficient (Wildman–Crippen LogP) is 1.47. The monoisotopic (exact) mass is 285 g/mol. The van der Waals surface area contributed by atoms with Crippen molar-refractivity contribution in [3.05, 3.63) is 35.6 Å². The molecule has 4 nitrogen and oxygen atoms in total. The third kappa shape index (κ3) is 3.12. The minimum Gasteiger partial charge on any atom is -0.335 e. The largest absolute Gasteiger partial charge is 0.335 e. The first-order valence-corrected chi connectivity index (χ1v) is 8.02. The molecule has 0 aliphatic carbocycles. The first-order chi connectivity index (χ1) is 8.93. The summed E-state index contributed by atoms with van der Waals surface area (Å²) in [5.74, 6) is -0.669. The number of carbonyl (C=O) groups excluding carboxylic acids is 1. The van der Waals surface area contributed by atoms with Crippen molar-refractivity contribution in [1.82, 2.24) is 4.90 Å². The van der Waals surface area contributed by atoms with Crippen LogP contribution in [0, 0.1) is 5.82 Å². The zero-order chi connectivity index (χ0) is 14.0. The van der Waals surface area contributed by atoms with E-state index in [1.807, 2.05) is 0 Å². The van der Waals surface area contributed by atoms with Gasteiger partial charge in [-0.3, -0.25) is 4.79 Å². The van der Waals surface area contributed by atoms with Crippen LogP contribution in [-0.2, 0) is 9.84 Å². The van der Waals surface area contributed by atoms with E-state index in [0.29, 0.717) is 13.0 Å². The molecular weight excluding hydrogens is 269 g/mol. The molecule has 0 bridgehead atoms. The zero-order valence-corrected chi connectivity index (χ0v) is 11.5. The Morgan fingerprint density at radius 2 is 2.21 bits per heavy atom. The van der Waals surface area contributed by atoms with Crippen LogP contribution in [0.15, 0.2) is 24.3 Å². The molecule has 19 heavy (non-hydrogen) atoms. The van der Waals surface area contributed by atoms with Crippen molar-refractivity contribution >= 4 is 15.7 Å². The Hall–Kier alpha value is -1.43. The number of rotatable bonds is 3. The van der Waals surface area contributed by atoms with Gasteiger partial charge in [0.05, 0.1) is 11.5 Å². The molecule has 1 aromatic rings. The number of benzene rings is 1. The van der Waals surface area contributed by atoms with Crippen molar-refractivity contribution in [1.29, 1.82) is 0 Å². The van der Waals surface area contributed by atoms with Gasteiger partial charge < -0.3 is 4.90 Å². The Morgan fingerprint density at radius 3 is 2.74 bits per heavy atom. The number of nitrogens with zero attached hydrogens (tertiary/aromatic N) is 1. The summed E-state index contributed by atoms with van der Waals surface area (Å²) in [6, 6.07) is 5.16. The number of amides is 1. The first-order valence-electron chi connectivity index (χ1n) is 6.20. The van der Waals surface area contributed by atoms with Crippen molar-refractivity contribution < 1.29 is 17.6 Å². The molecule has 6 heteroatoms. The lowest BCUT2D eigenvalue weighted by Crippen LogP contribution is -2.41. The van der Waals surface area contributed by atoms with E-state index in [-0.39, 0.29) is 29.0 Å². The normalized spacial score (nSPS) is 21.3. The van der Waals surface area contributed by atoms with Gasteiger partial charge >= 0.3 is 0 Å². The van der Waals surface area contributed by atoms with E-state index in [4.69, 9.17) is 0 Å². The number of hydrogen-bond donors (Lipinski definition) is 0. The molecule has 0 spiro atoms. The van der Waals surface area contributed by atoms with Gasteiger partial charge in [0.2, 0.25) is 0 Å². The lowest BCUT2D eigenvalue weighted by Gasteiger charge is -2.26. The second-order valence-corrected chi connectivity index (χ2v) is 6.89. The van der Waals surface area contributed by atoms with Crippen LogP contribution < -0.4 is 0 Å². The van der Waals surface area contributed by atoms with Gasteiger partial charge in [0.25, 0.3) is 5.91 Å². The van der Waals surface area contributed by atoms with Gasteiger partial charge in [0, 0.05) is 18.2 Å². The Balaban J connectivity index is 2.21. The lowest BCUT2D eigenvalue weighted by molar-refractivity contribution is 0.0708. The number of halogens is 1. The molecular formula is C13H16FNO3S. The van der Waals surface area contributed by atoms with Gasteiger partial charge in [-0.1, -0.05) is 6.07 Å². The summed E-state index contributed by atoms with van der Waals surface area (Å²) in [6.45, 7) is 2.21. The van der Waals surface area contributed by atoms with E-state index in [1.54, 1.807) is 6.92 Å². The molecule has 1 unspecified atom stereocenters. The molecule has 0 saturated carbocycles. The summed E-state index contributed by atoms with van der Waals surface area (Å²) in [5, 5.41) is 0. The van der Waals surface area contributed by atoms with Crippen LogP contribution in [0.2, 0.25) is 0 Å². The highest BCUT2D eigenvalue weighted by Gasteiger charge is 2.34. The average molecular weight is 285 g/mol. The SMILES string of the molecule is CCN(C(=O)c1cccc(F)c1)C1CCS(=O)(=O)C1. The fourth-order valence-electron chi connectivity index (χ4n) is 2.38. The summed E-state index contributed by atoms with van der Waals surface area (Å²) in [7, 11) is -3.04. The number of carbonyl (C=O) groups is 1. The van der Waals surface area contributed by atoms with E-state index in [0.717, 1.165) is 0 Å². The van der Waals surface area contributed by atoms with Crippen molar-refractivity contribution in [3.63, 3.8) is 0 Å². The third-order valence-corrected chi connectivity index (χ3v) is 5.07. The van der Waals surface area contributed by atoms with Crippen LogP contribution in [0.5, 0.6) is 0 Å². The summed E-state index contributed by atoms with van der Waals surface area (Å²) < 4.78 is 36.1. The van der Waals surface area contributed by atoms with E-state index in [2.05, 4.69) is 0 Å². The summed E-state index contributed by atoms with van der Waals surface area (Å²) in [5.41, 5.74) is 0.256. The van der Waals surface area contributed by atoms with Crippen molar-refractivity contribution in [2.75, 3.05) is 18.1 Å². The fourth-order valence-corrected chi connectivity index (χ4v) is 4.11. The van der Waals surface area contributed by atoms with E-state index in [1.165, 1.54) is 29.2 Å². The second-order valence-electron chi connectivity index (χ2n) is 4.66. The summed E-state index contributed by atoms with van der Waals surface area (Å²) in [6.07, 6.45) is 0.456. The Bertz CT molecular complexity index is 585. The highest BCUT2D eigenvalue weighted by molar-refractivity contribution is 7.91. The van der Waals surface area contributed by atoms with Crippen LogP contribution in [0.4, 0.5) is 4.39 Å². The Morgan fingerprint density at radius 1 is 1.47 bits per heavy atom. The van der Waals surface area contributed by atoms with E-state index < -0.39 is 15.7 Å². The second kappa shape index (κ2) is 5.28. The van der Waals surface area contributed by atoms with Gasteiger partial charge in [-0.15, -0.1) is 0 Å². The van der Waals surface area contributed by atoms with Crippen LogP contribution in [-0.4, -0.2) is 43.3 Å². The van der Waals surface area contributed by atoms with Crippen molar-refractivity contribution in [2.24, 2.45) is 0 Å². The van der Waals surface area contributed by atoms with Gasteiger partial charge in [-0.2, -0.15) is 0 Å². The lowest BCUT2D eigenvalue weighted by atomic mass is 10.1. The molecule has 1 saturated heterocycles. The minimum absolute atomic E-state index is 0.00188. The van der Waals surface area contributed by atoms with Crippen LogP contribution in [0.25, 0.3) is 0 Å². The highest BCUT2D eigenvalue weighted by atomic mass is 32.2. The first kappa shape index (κ1) is 14.0. The summed E-state index contributed by atoms with van der Waals surface area (Å²) in [4.78, 5) is 13.8. The third-order valence-electron chi connectivity index (χ3n) is 3.32. The Kier molecular flexibility index (Phi) is 3.89. The summed E-state index contributed by atoms with van der Waals surface area (Å²) >= 11 is 0. The minimum atomic E-state index is -3.04. The Labute approximate surface area is 112 Å². The van der Waals surface area contributed by atoms with E-state index in [9.17, 15) is 17.6 Å². The van der Waals surface area contributed by atoms with Gasteiger partial charge in [-0.05, 0) is 31.5 Å². The number of hydrogen-bond acceptors (Lipinski definition) is 3. The number of sulfone groups is 1.